The van der Waals surface area contributed by atoms with Crippen LogP contribution < -0.4 is 5.32 Å². The SMILES string of the molecule is N#CC(Nc1ccc(Cl)cc1)c1cccc(F)c1. The van der Waals surface area contributed by atoms with E-state index in [1.807, 2.05) is 0 Å². The highest BCUT2D eigenvalue weighted by Gasteiger charge is 2.10. The van der Waals surface area contributed by atoms with Gasteiger partial charge in [0.25, 0.3) is 0 Å². The molecule has 0 radical (unpaired) electrons. The number of nitrogens with one attached hydrogen (secondary N) is 1. The summed E-state index contributed by atoms with van der Waals surface area (Å²) in [5.74, 6) is -0.356. The van der Waals surface area contributed by atoms with E-state index in [0.717, 1.165) is 5.69 Å². The Balaban J connectivity index is 2.20. The normalized spacial score (nSPS) is 11.6. The summed E-state index contributed by atoms with van der Waals surface area (Å²) in [6.45, 7) is 0. The van der Waals surface area contributed by atoms with Crippen LogP contribution in [0.4, 0.5) is 10.1 Å². The fourth-order valence-corrected chi connectivity index (χ4v) is 1.72. The molecule has 1 atom stereocenters. The van der Waals surface area contributed by atoms with Gasteiger partial charge in [0.1, 0.15) is 11.9 Å². The maximum absolute atomic E-state index is 13.1. The number of anilines is 1. The largest absolute Gasteiger partial charge is 0.366 e. The van der Waals surface area contributed by atoms with Crippen molar-refractivity contribution < 1.29 is 4.39 Å². The molecule has 90 valence electrons. The molecule has 2 rings (SSSR count). The first-order chi connectivity index (χ1) is 8.69. The topological polar surface area (TPSA) is 35.8 Å². The molecule has 0 amide bonds. The van der Waals surface area contributed by atoms with Crippen LogP contribution in [-0.2, 0) is 0 Å². The van der Waals surface area contributed by atoms with Crippen molar-refractivity contribution in [3.8, 4) is 6.07 Å². The Morgan fingerprint density at radius 2 is 1.89 bits per heavy atom. The molecule has 0 aliphatic rings. The van der Waals surface area contributed by atoms with Crippen LogP contribution in [0.15, 0.2) is 48.5 Å². The van der Waals surface area contributed by atoms with Crippen LogP contribution in [0.2, 0.25) is 5.02 Å². The lowest BCUT2D eigenvalue weighted by atomic mass is 10.1. The summed E-state index contributed by atoms with van der Waals surface area (Å²) in [6, 6.07) is 14.5. The molecule has 4 heteroatoms. The summed E-state index contributed by atoms with van der Waals surface area (Å²) >= 11 is 5.78. The fourth-order valence-electron chi connectivity index (χ4n) is 1.59. The van der Waals surface area contributed by atoms with Crippen molar-refractivity contribution in [1.29, 1.82) is 5.26 Å². The van der Waals surface area contributed by atoms with Crippen molar-refractivity contribution in [3.63, 3.8) is 0 Å². The third-order valence-corrected chi connectivity index (χ3v) is 2.72. The van der Waals surface area contributed by atoms with Crippen LogP contribution in [0, 0.1) is 17.1 Å². The van der Waals surface area contributed by atoms with Crippen LogP contribution in [0.25, 0.3) is 0 Å². The summed E-state index contributed by atoms with van der Waals surface area (Å²) < 4.78 is 13.1. The summed E-state index contributed by atoms with van der Waals surface area (Å²) in [5, 5.41) is 12.8. The van der Waals surface area contributed by atoms with Gasteiger partial charge in [0, 0.05) is 10.7 Å². The van der Waals surface area contributed by atoms with Gasteiger partial charge in [-0.15, -0.1) is 0 Å². The molecule has 1 N–H and O–H groups in total. The molecule has 2 aromatic rings. The van der Waals surface area contributed by atoms with Gasteiger partial charge in [-0.2, -0.15) is 5.26 Å². The second kappa shape index (κ2) is 5.52. The van der Waals surface area contributed by atoms with Gasteiger partial charge in [0.05, 0.1) is 6.07 Å². The average molecular weight is 261 g/mol. The van der Waals surface area contributed by atoms with E-state index in [4.69, 9.17) is 16.9 Å². The number of nitrogens with zero attached hydrogens (tertiary/aromatic N) is 1. The standard InChI is InChI=1S/C14H10ClFN2/c15-11-4-6-13(7-5-11)18-14(9-17)10-2-1-3-12(16)8-10/h1-8,14,18H. The lowest BCUT2D eigenvalue weighted by Gasteiger charge is -2.13. The average Bonchev–Trinajstić information content (AvgIpc) is 2.38. The highest BCUT2D eigenvalue weighted by Crippen LogP contribution is 2.21. The minimum absolute atomic E-state index is 0.356. The first-order valence-corrected chi connectivity index (χ1v) is 5.74. The molecule has 2 aromatic carbocycles. The molecular formula is C14H10ClFN2. The van der Waals surface area contributed by atoms with Crippen LogP contribution in [-0.4, -0.2) is 0 Å². The summed E-state index contributed by atoms with van der Waals surface area (Å²) in [7, 11) is 0. The number of hydrogen-bond donors (Lipinski definition) is 1. The Labute approximate surface area is 110 Å². The molecule has 0 aliphatic carbocycles. The van der Waals surface area contributed by atoms with Gasteiger partial charge < -0.3 is 5.32 Å². The molecule has 0 aliphatic heterocycles. The van der Waals surface area contributed by atoms with Gasteiger partial charge in [-0.05, 0) is 42.0 Å². The zero-order valence-corrected chi connectivity index (χ0v) is 10.2. The van der Waals surface area contributed by atoms with E-state index in [2.05, 4.69) is 11.4 Å². The predicted molar refractivity (Wildman–Crippen MR) is 69.8 cm³/mol. The lowest BCUT2D eigenvalue weighted by Crippen LogP contribution is -2.08. The smallest absolute Gasteiger partial charge is 0.140 e. The van der Waals surface area contributed by atoms with E-state index >= 15 is 0 Å². The van der Waals surface area contributed by atoms with Crippen molar-refractivity contribution in [3.05, 3.63) is 64.9 Å². The molecule has 0 saturated heterocycles. The Bertz CT molecular complexity index is 575. The van der Waals surface area contributed by atoms with Crippen molar-refractivity contribution >= 4 is 17.3 Å². The van der Waals surface area contributed by atoms with Crippen molar-refractivity contribution in [2.45, 2.75) is 6.04 Å². The molecule has 0 aromatic heterocycles. The van der Waals surface area contributed by atoms with E-state index in [-0.39, 0.29) is 5.82 Å². The quantitative estimate of drug-likeness (QED) is 0.900. The molecular weight excluding hydrogens is 251 g/mol. The minimum Gasteiger partial charge on any atom is -0.366 e. The second-order valence-corrected chi connectivity index (χ2v) is 4.20. The fraction of sp³-hybridized carbons (Fsp3) is 0.0714. The molecule has 0 fully saturated rings. The predicted octanol–water partition coefficient (Wildman–Crippen LogP) is 4.16. The van der Waals surface area contributed by atoms with Gasteiger partial charge in [-0.1, -0.05) is 23.7 Å². The molecule has 0 saturated carbocycles. The van der Waals surface area contributed by atoms with Crippen LogP contribution in [0.3, 0.4) is 0 Å². The van der Waals surface area contributed by atoms with E-state index < -0.39 is 6.04 Å². The van der Waals surface area contributed by atoms with Crippen molar-refractivity contribution in [1.82, 2.24) is 0 Å². The first kappa shape index (κ1) is 12.4. The number of rotatable bonds is 3. The Kier molecular flexibility index (Phi) is 3.81. The first-order valence-electron chi connectivity index (χ1n) is 5.36. The van der Waals surface area contributed by atoms with Crippen molar-refractivity contribution in [2.75, 3.05) is 5.32 Å². The highest BCUT2D eigenvalue weighted by molar-refractivity contribution is 6.30. The van der Waals surface area contributed by atoms with Gasteiger partial charge >= 0.3 is 0 Å². The number of benzene rings is 2. The molecule has 1 unspecified atom stereocenters. The van der Waals surface area contributed by atoms with Gasteiger partial charge in [-0.25, -0.2) is 4.39 Å². The van der Waals surface area contributed by atoms with E-state index in [9.17, 15) is 4.39 Å². The van der Waals surface area contributed by atoms with E-state index in [0.29, 0.717) is 10.6 Å². The minimum atomic E-state index is -0.595. The maximum Gasteiger partial charge on any atom is 0.140 e. The van der Waals surface area contributed by atoms with E-state index in [1.54, 1.807) is 36.4 Å². The monoisotopic (exact) mass is 260 g/mol. The Hall–Kier alpha value is -2.05. The van der Waals surface area contributed by atoms with Gasteiger partial charge in [0.15, 0.2) is 0 Å². The zero-order valence-electron chi connectivity index (χ0n) is 9.40. The summed E-state index contributed by atoms with van der Waals surface area (Å²) in [5.41, 5.74) is 1.35. The third-order valence-electron chi connectivity index (χ3n) is 2.47. The third kappa shape index (κ3) is 2.99. The maximum atomic E-state index is 13.1. The number of nitriles is 1. The summed E-state index contributed by atoms with van der Waals surface area (Å²) in [4.78, 5) is 0. The molecule has 0 bridgehead atoms. The van der Waals surface area contributed by atoms with Crippen LogP contribution in [0.1, 0.15) is 11.6 Å². The highest BCUT2D eigenvalue weighted by atomic mass is 35.5. The summed E-state index contributed by atoms with van der Waals surface area (Å²) in [6.07, 6.45) is 0. The van der Waals surface area contributed by atoms with Gasteiger partial charge in [0.2, 0.25) is 0 Å². The van der Waals surface area contributed by atoms with Crippen molar-refractivity contribution in [2.24, 2.45) is 0 Å². The Morgan fingerprint density at radius 3 is 2.50 bits per heavy atom. The number of halogens is 2. The lowest BCUT2D eigenvalue weighted by molar-refractivity contribution is 0.625. The Morgan fingerprint density at radius 1 is 1.17 bits per heavy atom. The molecule has 0 heterocycles. The molecule has 0 spiro atoms. The van der Waals surface area contributed by atoms with Crippen LogP contribution in [0.5, 0.6) is 0 Å². The molecule has 2 nitrogen and oxygen atoms in total. The molecule has 18 heavy (non-hydrogen) atoms. The number of hydrogen-bond acceptors (Lipinski definition) is 2. The van der Waals surface area contributed by atoms with Crippen LogP contribution >= 0.6 is 11.6 Å². The van der Waals surface area contributed by atoms with E-state index in [1.165, 1.54) is 12.1 Å². The van der Waals surface area contributed by atoms with Gasteiger partial charge in [-0.3, -0.25) is 0 Å². The second-order valence-electron chi connectivity index (χ2n) is 3.77. The zero-order chi connectivity index (χ0) is 13.0.